The predicted molar refractivity (Wildman–Crippen MR) is 121 cm³/mol. The first-order chi connectivity index (χ1) is 14.8. The van der Waals surface area contributed by atoms with E-state index in [-0.39, 0.29) is 11.2 Å². The van der Waals surface area contributed by atoms with Gasteiger partial charge in [0.05, 0.1) is 16.7 Å². The number of benzene rings is 4. The van der Waals surface area contributed by atoms with Crippen molar-refractivity contribution in [3.63, 3.8) is 0 Å². The van der Waals surface area contributed by atoms with Crippen molar-refractivity contribution < 1.29 is 0 Å². The Hall–Kier alpha value is -4.18. The van der Waals surface area contributed by atoms with E-state index in [1.807, 2.05) is 91.0 Å². The Balaban J connectivity index is 1.88. The van der Waals surface area contributed by atoms with Gasteiger partial charge in [0, 0.05) is 16.2 Å². The van der Waals surface area contributed by atoms with Crippen LogP contribution in [0.15, 0.2) is 107 Å². The van der Waals surface area contributed by atoms with Crippen LogP contribution < -0.4 is 11.2 Å². The number of para-hydroxylation sites is 2. The van der Waals surface area contributed by atoms with E-state index >= 15 is 0 Å². The molecule has 2 heterocycles. The summed E-state index contributed by atoms with van der Waals surface area (Å²) in [7, 11) is 0. The second-order valence-electron chi connectivity index (χ2n) is 7.36. The van der Waals surface area contributed by atoms with E-state index in [1.165, 1.54) is 4.40 Å². The van der Waals surface area contributed by atoms with Gasteiger partial charge in [0.25, 0.3) is 5.56 Å². The van der Waals surface area contributed by atoms with Crippen LogP contribution in [-0.4, -0.2) is 8.97 Å². The molecule has 0 amide bonds. The van der Waals surface area contributed by atoms with E-state index in [2.05, 4.69) is 0 Å². The summed E-state index contributed by atoms with van der Waals surface area (Å²) in [6, 6.07) is 31.0. The van der Waals surface area contributed by atoms with Gasteiger partial charge in [-0.3, -0.25) is 9.36 Å². The van der Waals surface area contributed by atoms with Gasteiger partial charge in [-0.05, 0) is 35.4 Å². The van der Waals surface area contributed by atoms with Gasteiger partial charge in [0.1, 0.15) is 0 Å². The van der Waals surface area contributed by atoms with Crippen LogP contribution in [-0.2, 0) is 0 Å². The van der Waals surface area contributed by atoms with Gasteiger partial charge in [0.2, 0.25) is 0 Å². The highest BCUT2D eigenvalue weighted by atomic mass is 16.2. The highest BCUT2D eigenvalue weighted by molar-refractivity contribution is 6.16. The van der Waals surface area contributed by atoms with Crippen LogP contribution in [0.25, 0.3) is 44.0 Å². The van der Waals surface area contributed by atoms with Gasteiger partial charge in [-0.1, -0.05) is 72.8 Å². The molecule has 6 aromatic rings. The Labute approximate surface area is 171 Å². The highest BCUT2D eigenvalue weighted by Gasteiger charge is 2.21. The second kappa shape index (κ2) is 6.16. The lowest BCUT2D eigenvalue weighted by Crippen LogP contribution is -2.27. The Morgan fingerprint density at radius 1 is 0.600 bits per heavy atom. The van der Waals surface area contributed by atoms with Crippen molar-refractivity contribution in [3.05, 3.63) is 118 Å². The van der Waals surface area contributed by atoms with Crippen LogP contribution in [0.5, 0.6) is 0 Å². The van der Waals surface area contributed by atoms with Gasteiger partial charge in [-0.25, -0.2) is 9.20 Å². The van der Waals surface area contributed by atoms with Crippen molar-refractivity contribution in [2.75, 3.05) is 0 Å². The third kappa shape index (κ3) is 2.16. The van der Waals surface area contributed by atoms with Crippen LogP contribution in [0.4, 0.5) is 0 Å². The lowest BCUT2D eigenvalue weighted by molar-refractivity contribution is 0.944. The van der Waals surface area contributed by atoms with Crippen molar-refractivity contribution in [3.8, 4) is 16.8 Å². The van der Waals surface area contributed by atoms with Crippen LogP contribution in [0.1, 0.15) is 0 Å². The Kier molecular flexibility index (Phi) is 3.44. The summed E-state index contributed by atoms with van der Waals surface area (Å²) in [5.74, 6) is 0. The maximum atomic E-state index is 13.5. The minimum atomic E-state index is -0.343. The molecule has 0 unspecified atom stereocenters. The van der Waals surface area contributed by atoms with E-state index < -0.39 is 0 Å². The van der Waals surface area contributed by atoms with Crippen LogP contribution in [0.2, 0.25) is 0 Å². The predicted octanol–water partition coefficient (Wildman–Crippen LogP) is 4.86. The summed E-state index contributed by atoms with van der Waals surface area (Å²) in [6.45, 7) is 0. The average molecular weight is 388 g/mol. The maximum absolute atomic E-state index is 13.5. The quantitative estimate of drug-likeness (QED) is 0.398. The van der Waals surface area contributed by atoms with Crippen molar-refractivity contribution in [1.29, 1.82) is 0 Å². The fourth-order valence-corrected chi connectivity index (χ4v) is 4.46. The topological polar surface area (TPSA) is 43.5 Å². The van der Waals surface area contributed by atoms with Crippen LogP contribution in [0.3, 0.4) is 0 Å². The molecule has 4 heteroatoms. The molecule has 0 aliphatic rings. The molecule has 0 aliphatic carbocycles. The van der Waals surface area contributed by atoms with Gasteiger partial charge < -0.3 is 0 Å². The molecule has 0 radical (unpaired) electrons. The smallest absolute Gasteiger partial charge is 0.268 e. The normalized spacial score (nSPS) is 11.6. The molecule has 0 atom stereocenters. The van der Waals surface area contributed by atoms with E-state index in [1.54, 1.807) is 10.6 Å². The van der Waals surface area contributed by atoms with Crippen molar-refractivity contribution in [2.45, 2.75) is 0 Å². The molecule has 0 fully saturated rings. The average Bonchev–Trinajstić information content (AvgIpc) is 3.11. The number of pyridine rings is 1. The summed E-state index contributed by atoms with van der Waals surface area (Å²) >= 11 is 0. The van der Waals surface area contributed by atoms with Gasteiger partial charge in [0.15, 0.2) is 0 Å². The minimum Gasteiger partial charge on any atom is -0.268 e. The highest BCUT2D eigenvalue weighted by Crippen LogP contribution is 2.34. The standard InChI is InChI=1S/C26H16N2O2/c29-25-21-15-7-13-19(17-9-3-1-4-10-17)23(21)20-14-8-16-22-24(20)28(25)26(30)27(22)18-11-5-2-6-12-18/h1-16H. The van der Waals surface area contributed by atoms with Crippen molar-refractivity contribution >= 4 is 27.2 Å². The van der Waals surface area contributed by atoms with Gasteiger partial charge in [-0.2, -0.15) is 0 Å². The zero-order valence-corrected chi connectivity index (χ0v) is 15.9. The zero-order chi connectivity index (χ0) is 20.2. The number of fused-ring (bicyclic) bond motifs is 2. The molecule has 0 bridgehead atoms. The molecule has 0 aliphatic heterocycles. The Bertz CT molecular complexity index is 1660. The first-order valence-corrected chi connectivity index (χ1v) is 9.81. The fraction of sp³-hybridized carbons (Fsp3) is 0. The van der Waals surface area contributed by atoms with Crippen molar-refractivity contribution in [2.24, 2.45) is 0 Å². The summed E-state index contributed by atoms with van der Waals surface area (Å²) in [6.07, 6.45) is 0. The number of aromatic nitrogens is 2. The van der Waals surface area contributed by atoms with Crippen molar-refractivity contribution in [1.82, 2.24) is 8.97 Å². The Morgan fingerprint density at radius 3 is 2.03 bits per heavy atom. The van der Waals surface area contributed by atoms with E-state index in [0.29, 0.717) is 10.9 Å². The molecule has 0 saturated carbocycles. The molecule has 0 spiro atoms. The zero-order valence-electron chi connectivity index (χ0n) is 15.9. The summed E-state index contributed by atoms with van der Waals surface area (Å²) in [5.41, 5.74) is 3.52. The Morgan fingerprint density at radius 2 is 1.27 bits per heavy atom. The van der Waals surface area contributed by atoms with Gasteiger partial charge in [-0.15, -0.1) is 0 Å². The summed E-state index contributed by atoms with van der Waals surface area (Å²) in [5, 5.41) is 2.32. The number of rotatable bonds is 2. The van der Waals surface area contributed by atoms with E-state index in [4.69, 9.17) is 0 Å². The van der Waals surface area contributed by atoms with E-state index in [9.17, 15) is 9.59 Å². The molecular weight excluding hydrogens is 372 g/mol. The molecule has 2 aromatic heterocycles. The molecule has 0 N–H and O–H groups in total. The van der Waals surface area contributed by atoms with E-state index in [0.717, 1.165) is 33.1 Å². The molecule has 142 valence electrons. The second-order valence-corrected chi connectivity index (χ2v) is 7.36. The van der Waals surface area contributed by atoms with Crippen LogP contribution in [0, 0.1) is 0 Å². The maximum Gasteiger partial charge on any atom is 0.340 e. The first kappa shape index (κ1) is 16.7. The summed E-state index contributed by atoms with van der Waals surface area (Å²) in [4.78, 5) is 26.9. The number of nitrogens with zero attached hydrogens (tertiary/aromatic N) is 2. The molecule has 4 aromatic carbocycles. The minimum absolute atomic E-state index is 0.286. The summed E-state index contributed by atoms with van der Waals surface area (Å²) < 4.78 is 2.93. The monoisotopic (exact) mass is 388 g/mol. The lowest BCUT2D eigenvalue weighted by atomic mass is 9.96. The third-order valence-electron chi connectivity index (χ3n) is 5.73. The fourth-order valence-electron chi connectivity index (χ4n) is 4.46. The molecular formula is C26H16N2O2. The third-order valence-corrected chi connectivity index (χ3v) is 5.73. The lowest BCUT2D eigenvalue weighted by Gasteiger charge is -2.10. The molecule has 6 rings (SSSR count). The van der Waals surface area contributed by atoms with Gasteiger partial charge >= 0.3 is 5.69 Å². The number of hydrogen-bond donors (Lipinski definition) is 0. The number of hydrogen-bond acceptors (Lipinski definition) is 2. The first-order valence-electron chi connectivity index (χ1n) is 9.81. The molecule has 0 saturated heterocycles. The number of imidazole rings is 1. The van der Waals surface area contributed by atoms with Crippen LogP contribution >= 0.6 is 0 Å². The SMILES string of the molecule is O=c1c2cccc(-c3ccccc3)c2c2cccc3c2n1c(=O)n3-c1ccccc1. The largest absolute Gasteiger partial charge is 0.340 e. The molecule has 4 nitrogen and oxygen atoms in total. The molecule has 30 heavy (non-hydrogen) atoms.